The van der Waals surface area contributed by atoms with Crippen LogP contribution in [0.2, 0.25) is 0 Å². The van der Waals surface area contributed by atoms with Gasteiger partial charge >= 0.3 is 0 Å². The molecule has 2 aliphatic carbocycles. The van der Waals surface area contributed by atoms with Crippen LogP contribution in [-0.2, 0) is 9.47 Å². The summed E-state index contributed by atoms with van der Waals surface area (Å²) in [6, 6.07) is 0.530. The maximum Gasteiger partial charge on any atom is 0.223 e. The van der Waals surface area contributed by atoms with Crippen LogP contribution in [0, 0.1) is 11.8 Å². The summed E-state index contributed by atoms with van der Waals surface area (Å²) in [5, 5.41) is 0. The molecule has 0 unspecified atom stereocenters. The maximum absolute atomic E-state index is 6.12. The molecule has 4 heterocycles. The molecule has 4 aliphatic heterocycles. The van der Waals surface area contributed by atoms with E-state index < -0.39 is 0 Å². The number of ether oxygens (including phenoxy) is 2. The van der Waals surface area contributed by atoms with E-state index in [1.165, 1.54) is 40.2 Å². The Bertz CT molecular complexity index is 1020. The van der Waals surface area contributed by atoms with E-state index in [2.05, 4.69) is 53.7 Å². The van der Waals surface area contributed by atoms with Gasteiger partial charge in [-0.1, -0.05) is 27.7 Å². The molecule has 4 atom stereocenters. The fourth-order valence-corrected chi connectivity index (χ4v) is 8.96. The number of fused-ring (bicyclic) bond motifs is 4. The van der Waals surface area contributed by atoms with Gasteiger partial charge in [-0.2, -0.15) is 0 Å². The summed E-state index contributed by atoms with van der Waals surface area (Å²) in [6.45, 7) is 15.2. The molecule has 4 nitrogen and oxygen atoms in total. The third kappa shape index (κ3) is 3.12. The molecule has 0 aromatic carbocycles. The third-order valence-corrected chi connectivity index (χ3v) is 11.5. The quantitative estimate of drug-likeness (QED) is 0.461. The van der Waals surface area contributed by atoms with Crippen molar-refractivity contribution in [2.45, 2.75) is 82.4 Å². The van der Waals surface area contributed by atoms with E-state index in [-0.39, 0.29) is 21.6 Å². The Morgan fingerprint density at radius 1 is 0.788 bits per heavy atom. The van der Waals surface area contributed by atoms with Gasteiger partial charge in [0, 0.05) is 0 Å². The zero-order chi connectivity index (χ0) is 23.1. The summed E-state index contributed by atoms with van der Waals surface area (Å²) < 4.78 is 12.1. The summed E-state index contributed by atoms with van der Waals surface area (Å²) in [6.07, 6.45) is 8.41. The van der Waals surface area contributed by atoms with Gasteiger partial charge in [-0.05, 0) is 79.4 Å². The average Bonchev–Trinajstić information content (AvgIpc) is 3.54. The maximum atomic E-state index is 6.12. The second kappa shape index (κ2) is 7.55. The second-order valence-corrected chi connectivity index (χ2v) is 14.0. The van der Waals surface area contributed by atoms with Crippen molar-refractivity contribution < 1.29 is 9.47 Å². The Morgan fingerprint density at radius 3 is 1.58 bits per heavy atom. The first-order chi connectivity index (χ1) is 15.7. The molecule has 6 rings (SSSR count). The van der Waals surface area contributed by atoms with E-state index >= 15 is 0 Å². The molecule has 33 heavy (non-hydrogen) atoms. The summed E-state index contributed by atoms with van der Waals surface area (Å²) >= 11 is 3.92. The van der Waals surface area contributed by atoms with Crippen molar-refractivity contribution in [3.05, 3.63) is 44.3 Å². The fraction of sp³-hybridized carbons (Fsp3) is 0.630. The smallest absolute Gasteiger partial charge is 0.223 e. The van der Waals surface area contributed by atoms with Crippen LogP contribution in [0.25, 0.3) is 0 Å². The monoisotopic (exact) mass is 482 g/mol. The molecule has 176 valence electrons. The van der Waals surface area contributed by atoms with Crippen molar-refractivity contribution in [3.8, 4) is 0 Å². The van der Waals surface area contributed by atoms with Crippen LogP contribution in [0.4, 0.5) is 0 Å². The molecule has 0 radical (unpaired) electrons. The molecular formula is C27H34N2O2S2. The molecule has 0 saturated heterocycles. The number of rotatable bonds is 4. The van der Waals surface area contributed by atoms with Crippen molar-refractivity contribution in [2.75, 3.05) is 13.2 Å². The average molecular weight is 483 g/mol. The lowest BCUT2D eigenvalue weighted by Crippen LogP contribution is -2.47. The van der Waals surface area contributed by atoms with Crippen LogP contribution in [0.3, 0.4) is 0 Å². The number of thioether (sulfide) groups is 2. The van der Waals surface area contributed by atoms with Crippen molar-refractivity contribution in [2.24, 2.45) is 21.8 Å². The van der Waals surface area contributed by atoms with Gasteiger partial charge < -0.3 is 9.47 Å². The molecule has 0 aromatic rings. The van der Waals surface area contributed by atoms with Gasteiger partial charge in [0.2, 0.25) is 11.8 Å². The molecule has 1 fully saturated rings. The second-order valence-electron chi connectivity index (χ2n) is 11.0. The van der Waals surface area contributed by atoms with Crippen molar-refractivity contribution in [1.82, 2.24) is 0 Å². The zero-order valence-corrected chi connectivity index (χ0v) is 22.2. The van der Waals surface area contributed by atoms with E-state index in [1.807, 2.05) is 23.5 Å². The first-order valence-corrected chi connectivity index (χ1v) is 14.1. The summed E-state index contributed by atoms with van der Waals surface area (Å²) in [7, 11) is 0. The Hall–Kier alpha value is -1.40. The number of allylic oxidation sites excluding steroid dienone is 4. The van der Waals surface area contributed by atoms with E-state index in [9.17, 15) is 0 Å². The first kappa shape index (κ1) is 22.1. The normalized spacial score (nSPS) is 37.1. The molecular weight excluding hydrogens is 448 g/mol. The lowest BCUT2D eigenvalue weighted by Gasteiger charge is -2.47. The topological polar surface area (TPSA) is 43.2 Å². The van der Waals surface area contributed by atoms with Gasteiger partial charge in [-0.3, -0.25) is 0 Å². The molecule has 1 saturated carbocycles. The Labute approximate surface area is 206 Å². The zero-order valence-electron chi connectivity index (χ0n) is 20.5. The molecule has 6 aliphatic rings. The predicted octanol–water partition coefficient (Wildman–Crippen LogP) is 6.46. The van der Waals surface area contributed by atoms with Crippen LogP contribution in [-0.4, -0.2) is 46.6 Å². The number of aliphatic imine (C=N–C) groups is 2. The summed E-state index contributed by atoms with van der Waals surface area (Å²) in [5.41, 5.74) is 6.13. The Kier molecular flexibility index (Phi) is 5.05. The van der Waals surface area contributed by atoms with Crippen LogP contribution in [0.1, 0.15) is 60.8 Å². The number of hydrogen-bond acceptors (Lipinski definition) is 6. The van der Waals surface area contributed by atoms with Crippen molar-refractivity contribution in [1.29, 1.82) is 0 Å². The van der Waals surface area contributed by atoms with E-state index in [4.69, 9.17) is 19.5 Å². The first-order valence-electron chi connectivity index (χ1n) is 12.4. The SMILES string of the molecule is CC(C)[C@H]1COC(C2=CC3=C4CCCC4=C4C=C(C5=N[C@@H](C(C)C)CO5)S[C@@]4(C)[C@]3(C)S2)=N1. The largest absolute Gasteiger partial charge is 0.475 e. The van der Waals surface area contributed by atoms with Gasteiger partial charge in [-0.25, -0.2) is 9.98 Å². The van der Waals surface area contributed by atoms with E-state index in [1.54, 1.807) is 11.1 Å². The number of hydrogen-bond donors (Lipinski definition) is 0. The van der Waals surface area contributed by atoms with E-state index in [0.717, 1.165) is 11.8 Å². The summed E-state index contributed by atoms with van der Waals surface area (Å²) in [4.78, 5) is 12.3. The predicted molar refractivity (Wildman–Crippen MR) is 140 cm³/mol. The number of nitrogens with zero attached hydrogens (tertiary/aromatic N) is 2. The molecule has 0 bridgehead atoms. The van der Waals surface area contributed by atoms with Crippen LogP contribution >= 0.6 is 23.5 Å². The summed E-state index contributed by atoms with van der Waals surface area (Å²) in [5.74, 6) is 2.71. The van der Waals surface area contributed by atoms with Gasteiger partial charge in [-0.15, -0.1) is 23.5 Å². The van der Waals surface area contributed by atoms with Gasteiger partial charge in [0.05, 0.1) is 31.4 Å². The minimum absolute atomic E-state index is 0.0673. The Balaban J connectivity index is 1.40. The molecule has 0 aromatic heterocycles. The minimum atomic E-state index is -0.0673. The molecule has 0 spiro atoms. The highest BCUT2D eigenvalue weighted by Crippen LogP contribution is 2.68. The van der Waals surface area contributed by atoms with Gasteiger partial charge in [0.25, 0.3) is 0 Å². The molecule has 6 heteroatoms. The van der Waals surface area contributed by atoms with Crippen molar-refractivity contribution >= 4 is 35.3 Å². The van der Waals surface area contributed by atoms with Crippen LogP contribution in [0.5, 0.6) is 0 Å². The van der Waals surface area contributed by atoms with Gasteiger partial charge in [0.1, 0.15) is 13.2 Å². The lowest BCUT2D eigenvalue weighted by atomic mass is 9.72. The highest BCUT2D eigenvalue weighted by molar-refractivity contribution is 8.10. The lowest BCUT2D eigenvalue weighted by molar-refractivity contribution is 0.292. The third-order valence-electron chi connectivity index (χ3n) is 8.29. The fourth-order valence-electron chi connectivity index (χ4n) is 5.89. The van der Waals surface area contributed by atoms with Crippen LogP contribution in [0.15, 0.2) is 54.2 Å². The Morgan fingerprint density at radius 2 is 1.21 bits per heavy atom. The van der Waals surface area contributed by atoms with Crippen molar-refractivity contribution in [3.63, 3.8) is 0 Å². The molecule has 0 N–H and O–H groups in total. The highest BCUT2D eigenvalue weighted by Gasteiger charge is 2.60. The highest BCUT2D eigenvalue weighted by atomic mass is 32.2. The standard InChI is InChI=1S/C27H34N2O2S2/c1-14(2)20-12-30-24(28-20)22-10-18-16-8-7-9-17(16)19-11-23(25-29-21(13-31-25)15(3)4)33-27(19,6)26(18,5)32-22/h10-11,14-15,20-21H,7-9,12-13H2,1-6H3/t20-,21-,26-,27-/m1/s1. The minimum Gasteiger partial charge on any atom is -0.475 e. The molecule has 0 amide bonds. The van der Waals surface area contributed by atoms with E-state index in [0.29, 0.717) is 25.0 Å². The van der Waals surface area contributed by atoms with Gasteiger partial charge in [0.15, 0.2) is 0 Å². The van der Waals surface area contributed by atoms with Crippen LogP contribution < -0.4 is 0 Å².